The van der Waals surface area contributed by atoms with Crippen LogP contribution in [-0.2, 0) is 11.3 Å². The first kappa shape index (κ1) is 14.4. The van der Waals surface area contributed by atoms with Crippen LogP contribution in [0.3, 0.4) is 0 Å². The van der Waals surface area contributed by atoms with E-state index in [1.165, 1.54) is 17.5 Å². The molecule has 6 heteroatoms. The van der Waals surface area contributed by atoms with Crippen molar-refractivity contribution in [2.24, 2.45) is 0 Å². The van der Waals surface area contributed by atoms with Crippen LogP contribution in [0.25, 0.3) is 0 Å². The minimum absolute atomic E-state index is 0.0633. The number of thioether (sulfide) groups is 2. The number of carbonyl (C=O) groups is 1. The molecule has 0 aliphatic carbocycles. The van der Waals surface area contributed by atoms with Gasteiger partial charge < -0.3 is 9.67 Å². The minimum Gasteiger partial charge on any atom is -0.481 e. The summed E-state index contributed by atoms with van der Waals surface area (Å²) in [6, 6.07) is 0. The molecule has 1 heterocycles. The van der Waals surface area contributed by atoms with Gasteiger partial charge >= 0.3 is 5.97 Å². The smallest absolute Gasteiger partial charge is 0.313 e. The predicted octanol–water partition coefficient (Wildman–Crippen LogP) is 2.55. The molecule has 1 aromatic heterocycles. The van der Waals surface area contributed by atoms with Crippen molar-refractivity contribution in [2.45, 2.75) is 31.5 Å². The zero-order valence-electron chi connectivity index (χ0n) is 10.3. The van der Waals surface area contributed by atoms with Gasteiger partial charge in [0, 0.05) is 24.2 Å². The Kier molecular flexibility index (Phi) is 5.91. The molecule has 0 atom stereocenters. The fourth-order valence-electron chi connectivity index (χ4n) is 1.48. The lowest BCUT2D eigenvalue weighted by Crippen LogP contribution is -2.09. The lowest BCUT2D eigenvalue weighted by molar-refractivity contribution is -0.133. The number of aliphatic carboxylic acids is 1. The molecule has 0 amide bonds. The van der Waals surface area contributed by atoms with E-state index in [2.05, 4.69) is 29.7 Å². The predicted molar refractivity (Wildman–Crippen MR) is 73.1 cm³/mol. The standard InChI is InChI=1S/C11H18N2O2S2/c1-8(2)9-6-12-11(17-7-10(14)15)13(9)4-5-16-3/h6,8H,4-5,7H2,1-3H3,(H,14,15). The molecule has 0 aliphatic heterocycles. The molecule has 1 N–H and O–H groups in total. The summed E-state index contributed by atoms with van der Waals surface area (Å²) in [5.41, 5.74) is 1.17. The van der Waals surface area contributed by atoms with Crippen molar-refractivity contribution in [2.75, 3.05) is 17.8 Å². The molecule has 17 heavy (non-hydrogen) atoms. The normalized spacial score (nSPS) is 11.1. The van der Waals surface area contributed by atoms with Gasteiger partial charge in [-0.15, -0.1) is 0 Å². The number of nitrogens with zero attached hydrogens (tertiary/aromatic N) is 2. The summed E-state index contributed by atoms with van der Waals surface area (Å²) in [5, 5.41) is 9.51. The fraction of sp³-hybridized carbons (Fsp3) is 0.636. The van der Waals surface area contributed by atoms with Crippen molar-refractivity contribution < 1.29 is 9.90 Å². The molecule has 1 aromatic rings. The highest BCUT2D eigenvalue weighted by Crippen LogP contribution is 2.23. The number of carboxylic acid groups (broad SMARTS) is 1. The molecule has 0 fully saturated rings. The third-order valence-corrected chi connectivity index (χ3v) is 3.85. The third-order valence-electron chi connectivity index (χ3n) is 2.29. The van der Waals surface area contributed by atoms with Crippen molar-refractivity contribution >= 4 is 29.5 Å². The second kappa shape index (κ2) is 6.96. The molecule has 0 saturated heterocycles. The van der Waals surface area contributed by atoms with Gasteiger partial charge in [0.2, 0.25) is 0 Å². The first-order valence-electron chi connectivity index (χ1n) is 5.45. The van der Waals surface area contributed by atoms with Crippen molar-refractivity contribution in [1.29, 1.82) is 0 Å². The van der Waals surface area contributed by atoms with E-state index >= 15 is 0 Å². The number of rotatable bonds is 7. The van der Waals surface area contributed by atoms with E-state index in [4.69, 9.17) is 5.11 Å². The minimum atomic E-state index is -0.805. The maximum atomic E-state index is 10.6. The van der Waals surface area contributed by atoms with Gasteiger partial charge in [0.05, 0.1) is 5.75 Å². The largest absolute Gasteiger partial charge is 0.481 e. The van der Waals surface area contributed by atoms with Crippen LogP contribution in [0.5, 0.6) is 0 Å². The van der Waals surface area contributed by atoms with Gasteiger partial charge in [-0.2, -0.15) is 11.8 Å². The van der Waals surface area contributed by atoms with Crippen LogP contribution in [0, 0.1) is 0 Å². The third kappa shape index (κ3) is 4.27. The van der Waals surface area contributed by atoms with Gasteiger partial charge in [-0.3, -0.25) is 4.79 Å². The monoisotopic (exact) mass is 274 g/mol. The van der Waals surface area contributed by atoms with Gasteiger partial charge in [0.15, 0.2) is 5.16 Å². The maximum absolute atomic E-state index is 10.6. The zero-order chi connectivity index (χ0) is 12.8. The van der Waals surface area contributed by atoms with Crippen molar-refractivity contribution in [3.63, 3.8) is 0 Å². The van der Waals surface area contributed by atoms with Crippen LogP contribution in [-0.4, -0.2) is 38.4 Å². The Bertz CT molecular complexity index is 378. The van der Waals surface area contributed by atoms with E-state index in [0.29, 0.717) is 5.92 Å². The topological polar surface area (TPSA) is 55.1 Å². The average molecular weight is 274 g/mol. The Morgan fingerprint density at radius 2 is 2.29 bits per heavy atom. The molecule has 0 aromatic carbocycles. The second-order valence-electron chi connectivity index (χ2n) is 3.95. The zero-order valence-corrected chi connectivity index (χ0v) is 12.0. The summed E-state index contributed by atoms with van der Waals surface area (Å²) in [6.45, 7) is 5.13. The SMILES string of the molecule is CSCCn1c(C(C)C)cnc1SCC(=O)O. The van der Waals surface area contributed by atoms with Crippen molar-refractivity contribution in [1.82, 2.24) is 9.55 Å². The number of aromatic nitrogens is 2. The molecule has 0 unspecified atom stereocenters. The second-order valence-corrected chi connectivity index (χ2v) is 5.88. The Hall–Kier alpha value is -0.620. The Balaban J connectivity index is 2.83. The van der Waals surface area contributed by atoms with Crippen LogP contribution < -0.4 is 0 Å². The van der Waals surface area contributed by atoms with E-state index in [9.17, 15) is 4.79 Å². The molecule has 0 saturated carbocycles. The summed E-state index contributed by atoms with van der Waals surface area (Å²) in [4.78, 5) is 14.9. The van der Waals surface area contributed by atoms with E-state index in [1.54, 1.807) is 11.8 Å². The fourth-order valence-corrected chi connectivity index (χ4v) is 2.58. The van der Waals surface area contributed by atoms with Crippen LogP contribution in [0.4, 0.5) is 0 Å². The maximum Gasteiger partial charge on any atom is 0.313 e. The van der Waals surface area contributed by atoms with Crippen molar-refractivity contribution in [3.8, 4) is 0 Å². The number of imidazole rings is 1. The van der Waals surface area contributed by atoms with Gasteiger partial charge in [-0.1, -0.05) is 25.6 Å². The van der Waals surface area contributed by atoms with Crippen LogP contribution in [0.1, 0.15) is 25.5 Å². The van der Waals surface area contributed by atoms with E-state index in [0.717, 1.165) is 17.5 Å². The quantitative estimate of drug-likeness (QED) is 0.774. The highest BCUT2D eigenvalue weighted by molar-refractivity contribution is 7.99. The van der Waals surface area contributed by atoms with Gasteiger partial charge in [0.25, 0.3) is 0 Å². The molecule has 0 spiro atoms. The molecular weight excluding hydrogens is 256 g/mol. The molecular formula is C11H18N2O2S2. The first-order valence-corrected chi connectivity index (χ1v) is 7.83. The van der Waals surface area contributed by atoms with Crippen LogP contribution in [0.15, 0.2) is 11.4 Å². The molecule has 0 radical (unpaired) electrons. The van der Waals surface area contributed by atoms with Crippen molar-refractivity contribution in [3.05, 3.63) is 11.9 Å². The Morgan fingerprint density at radius 1 is 1.59 bits per heavy atom. The molecule has 4 nitrogen and oxygen atoms in total. The van der Waals surface area contributed by atoms with Crippen LogP contribution in [0.2, 0.25) is 0 Å². The average Bonchev–Trinajstić information content (AvgIpc) is 2.66. The summed E-state index contributed by atoms with van der Waals surface area (Å²) < 4.78 is 2.13. The summed E-state index contributed by atoms with van der Waals surface area (Å²) >= 11 is 3.07. The lowest BCUT2D eigenvalue weighted by Gasteiger charge is -2.12. The van der Waals surface area contributed by atoms with Gasteiger partial charge in [0.1, 0.15) is 0 Å². The number of carboxylic acids is 1. The van der Waals surface area contributed by atoms with E-state index in [1.807, 2.05) is 6.20 Å². The lowest BCUT2D eigenvalue weighted by atomic mass is 10.1. The molecule has 0 aliphatic rings. The highest BCUT2D eigenvalue weighted by Gasteiger charge is 2.13. The Morgan fingerprint density at radius 3 is 2.82 bits per heavy atom. The summed E-state index contributed by atoms with van der Waals surface area (Å²) in [5.74, 6) is 0.675. The number of hydrogen-bond acceptors (Lipinski definition) is 4. The Labute approximate surface area is 110 Å². The van der Waals surface area contributed by atoms with Gasteiger partial charge in [-0.05, 0) is 12.2 Å². The van der Waals surface area contributed by atoms with E-state index in [-0.39, 0.29) is 5.75 Å². The van der Waals surface area contributed by atoms with Gasteiger partial charge in [-0.25, -0.2) is 4.98 Å². The highest BCUT2D eigenvalue weighted by atomic mass is 32.2. The summed E-state index contributed by atoms with van der Waals surface area (Å²) in [6.07, 6.45) is 3.92. The molecule has 0 bridgehead atoms. The number of hydrogen-bond donors (Lipinski definition) is 1. The first-order chi connectivity index (χ1) is 8.06. The van der Waals surface area contributed by atoms with Crippen LogP contribution >= 0.6 is 23.5 Å². The molecule has 96 valence electrons. The molecule has 1 rings (SSSR count). The summed E-state index contributed by atoms with van der Waals surface area (Å²) in [7, 11) is 0. The van der Waals surface area contributed by atoms with E-state index < -0.39 is 5.97 Å².